The van der Waals surface area contributed by atoms with Crippen molar-refractivity contribution in [1.29, 1.82) is 0 Å². The summed E-state index contributed by atoms with van der Waals surface area (Å²) in [5.41, 5.74) is 1.55. The third kappa shape index (κ3) is 7.74. The molecule has 1 N–H and O–H groups in total. The second-order valence-corrected chi connectivity index (χ2v) is 11.7. The fourth-order valence-electron chi connectivity index (χ4n) is 3.49. The van der Waals surface area contributed by atoms with Gasteiger partial charge in [-0.2, -0.15) is 0 Å². The number of hydrogen-bond donors (Lipinski definition) is 1. The van der Waals surface area contributed by atoms with Crippen LogP contribution in [0.25, 0.3) is 0 Å². The SMILES string of the molecule is CCc1ccccc1N(CC(=O)N(Cc1ccc(Cl)cc1)[C@@H](C)C(=O)NC(C)(C)C)S(C)(=O)=O. The molecule has 0 aliphatic rings. The van der Waals surface area contributed by atoms with Gasteiger partial charge in [-0.05, 0) is 63.4 Å². The van der Waals surface area contributed by atoms with Crippen LogP contribution in [-0.4, -0.2) is 49.5 Å². The lowest BCUT2D eigenvalue weighted by atomic mass is 10.1. The molecule has 2 aromatic rings. The molecule has 0 aliphatic heterocycles. The Balaban J connectivity index is 2.43. The third-order valence-corrected chi connectivity index (χ3v) is 6.63. The lowest BCUT2D eigenvalue weighted by Gasteiger charge is -2.33. The van der Waals surface area contributed by atoms with Crippen LogP contribution in [0.15, 0.2) is 48.5 Å². The maximum Gasteiger partial charge on any atom is 0.244 e. The maximum absolute atomic E-state index is 13.6. The van der Waals surface area contributed by atoms with E-state index in [1.54, 1.807) is 43.3 Å². The van der Waals surface area contributed by atoms with Crippen molar-refractivity contribution in [3.05, 3.63) is 64.7 Å². The minimum atomic E-state index is -3.76. The molecule has 2 amide bonds. The largest absolute Gasteiger partial charge is 0.350 e. The first-order valence-electron chi connectivity index (χ1n) is 11.1. The molecule has 34 heavy (non-hydrogen) atoms. The van der Waals surface area contributed by atoms with Gasteiger partial charge in [0.1, 0.15) is 12.6 Å². The number of aryl methyl sites for hydroxylation is 1. The van der Waals surface area contributed by atoms with Crippen LogP contribution in [0.1, 0.15) is 45.7 Å². The van der Waals surface area contributed by atoms with E-state index in [9.17, 15) is 18.0 Å². The highest BCUT2D eigenvalue weighted by molar-refractivity contribution is 7.92. The number of amides is 2. The molecule has 0 fully saturated rings. The maximum atomic E-state index is 13.6. The molecular formula is C25H34ClN3O4S. The van der Waals surface area contributed by atoms with Gasteiger partial charge in [-0.25, -0.2) is 8.42 Å². The van der Waals surface area contributed by atoms with Gasteiger partial charge < -0.3 is 10.2 Å². The fourth-order valence-corrected chi connectivity index (χ4v) is 4.50. The summed E-state index contributed by atoms with van der Waals surface area (Å²) in [7, 11) is -3.76. The number of anilines is 1. The van der Waals surface area contributed by atoms with E-state index >= 15 is 0 Å². The Morgan fingerprint density at radius 3 is 2.18 bits per heavy atom. The van der Waals surface area contributed by atoms with Crippen LogP contribution in [-0.2, 0) is 32.6 Å². The Hall–Kier alpha value is -2.58. The van der Waals surface area contributed by atoms with Crippen LogP contribution in [0, 0.1) is 0 Å². The number of sulfonamides is 1. The second-order valence-electron chi connectivity index (χ2n) is 9.32. The third-order valence-electron chi connectivity index (χ3n) is 5.25. The molecule has 0 radical (unpaired) electrons. The highest BCUT2D eigenvalue weighted by Gasteiger charge is 2.31. The zero-order valence-electron chi connectivity index (χ0n) is 20.6. The molecule has 0 aromatic heterocycles. The van der Waals surface area contributed by atoms with Gasteiger partial charge >= 0.3 is 0 Å². The standard InChI is InChI=1S/C25H34ClN3O4S/c1-7-20-10-8-9-11-22(20)29(34(6,32)33)17-23(30)28(16-19-12-14-21(26)15-13-19)18(2)24(31)27-25(3,4)5/h8-15,18H,7,16-17H2,1-6H3,(H,27,31)/t18-/m0/s1. The molecule has 7 nitrogen and oxygen atoms in total. The minimum Gasteiger partial charge on any atom is -0.350 e. The first kappa shape index (κ1) is 27.7. The first-order chi connectivity index (χ1) is 15.7. The number of hydrogen-bond acceptors (Lipinski definition) is 4. The number of para-hydroxylation sites is 1. The fraction of sp³-hybridized carbons (Fsp3) is 0.440. The van der Waals surface area contributed by atoms with E-state index in [2.05, 4.69) is 5.32 Å². The van der Waals surface area contributed by atoms with Gasteiger partial charge in [0.05, 0.1) is 11.9 Å². The molecule has 0 saturated carbocycles. The zero-order valence-corrected chi connectivity index (χ0v) is 22.2. The van der Waals surface area contributed by atoms with Crippen LogP contribution >= 0.6 is 11.6 Å². The lowest BCUT2D eigenvalue weighted by Crippen LogP contribution is -2.54. The Morgan fingerprint density at radius 2 is 1.65 bits per heavy atom. The summed E-state index contributed by atoms with van der Waals surface area (Å²) in [6.45, 7) is 8.84. The van der Waals surface area contributed by atoms with E-state index in [1.807, 2.05) is 39.8 Å². The van der Waals surface area contributed by atoms with Crippen LogP contribution in [0.3, 0.4) is 0 Å². The van der Waals surface area contributed by atoms with Crippen molar-refractivity contribution >= 4 is 39.1 Å². The molecule has 0 aliphatic carbocycles. The van der Waals surface area contributed by atoms with Crippen molar-refractivity contribution in [2.24, 2.45) is 0 Å². The summed E-state index contributed by atoms with van der Waals surface area (Å²) in [6, 6.07) is 13.2. The number of carbonyl (C=O) groups excluding carboxylic acids is 2. The van der Waals surface area contributed by atoms with Crippen molar-refractivity contribution in [2.45, 2.75) is 59.2 Å². The van der Waals surface area contributed by atoms with Crippen LogP contribution in [0.5, 0.6) is 0 Å². The number of nitrogens with one attached hydrogen (secondary N) is 1. The Morgan fingerprint density at radius 1 is 1.06 bits per heavy atom. The molecule has 0 saturated heterocycles. The normalized spacial score (nSPS) is 12.7. The molecule has 9 heteroatoms. The quantitative estimate of drug-likeness (QED) is 0.555. The van der Waals surface area contributed by atoms with E-state index in [-0.39, 0.29) is 12.5 Å². The molecule has 2 aromatic carbocycles. The van der Waals surface area contributed by atoms with E-state index in [4.69, 9.17) is 11.6 Å². The monoisotopic (exact) mass is 507 g/mol. The second kappa shape index (κ2) is 11.2. The van der Waals surface area contributed by atoms with E-state index in [0.717, 1.165) is 21.7 Å². The molecule has 0 unspecified atom stereocenters. The highest BCUT2D eigenvalue weighted by Crippen LogP contribution is 2.24. The number of rotatable bonds is 9. The lowest BCUT2D eigenvalue weighted by molar-refractivity contribution is -0.140. The predicted molar refractivity (Wildman–Crippen MR) is 137 cm³/mol. The van der Waals surface area contributed by atoms with Gasteiger partial charge in [0.15, 0.2) is 0 Å². The number of halogens is 1. The van der Waals surface area contributed by atoms with E-state index < -0.39 is 34.1 Å². The van der Waals surface area contributed by atoms with Crippen molar-refractivity contribution < 1.29 is 18.0 Å². The van der Waals surface area contributed by atoms with Crippen LogP contribution in [0.4, 0.5) is 5.69 Å². The summed E-state index contributed by atoms with van der Waals surface area (Å²) in [4.78, 5) is 27.9. The van der Waals surface area contributed by atoms with Gasteiger partial charge in [0, 0.05) is 17.1 Å². The van der Waals surface area contributed by atoms with Gasteiger partial charge in [-0.15, -0.1) is 0 Å². The Kier molecular flexibility index (Phi) is 9.14. The van der Waals surface area contributed by atoms with Crippen molar-refractivity contribution in [3.8, 4) is 0 Å². The molecular weight excluding hydrogens is 474 g/mol. The van der Waals surface area contributed by atoms with Crippen LogP contribution < -0.4 is 9.62 Å². The zero-order chi connectivity index (χ0) is 25.7. The average molecular weight is 508 g/mol. The van der Waals surface area contributed by atoms with Gasteiger partial charge in [-0.1, -0.05) is 48.9 Å². The molecule has 186 valence electrons. The first-order valence-corrected chi connectivity index (χ1v) is 13.4. The number of carbonyl (C=O) groups is 2. The summed E-state index contributed by atoms with van der Waals surface area (Å²) in [5.74, 6) is -0.808. The molecule has 0 bridgehead atoms. The molecule has 0 heterocycles. The van der Waals surface area contributed by atoms with E-state index in [0.29, 0.717) is 17.1 Å². The summed E-state index contributed by atoms with van der Waals surface area (Å²) in [6.07, 6.45) is 1.68. The molecule has 2 rings (SSSR count). The summed E-state index contributed by atoms with van der Waals surface area (Å²) >= 11 is 5.99. The van der Waals surface area contributed by atoms with Gasteiger partial charge in [0.25, 0.3) is 0 Å². The smallest absolute Gasteiger partial charge is 0.244 e. The Bertz CT molecular complexity index is 1110. The number of benzene rings is 2. The number of nitrogens with zero attached hydrogens (tertiary/aromatic N) is 2. The van der Waals surface area contributed by atoms with Gasteiger partial charge in [-0.3, -0.25) is 13.9 Å². The van der Waals surface area contributed by atoms with Crippen molar-refractivity contribution in [3.63, 3.8) is 0 Å². The van der Waals surface area contributed by atoms with Gasteiger partial charge in [0.2, 0.25) is 21.8 Å². The average Bonchev–Trinajstić information content (AvgIpc) is 2.74. The van der Waals surface area contributed by atoms with Crippen molar-refractivity contribution in [1.82, 2.24) is 10.2 Å². The topological polar surface area (TPSA) is 86.8 Å². The van der Waals surface area contributed by atoms with Crippen molar-refractivity contribution in [2.75, 3.05) is 17.1 Å². The molecule has 1 atom stereocenters. The van der Waals surface area contributed by atoms with E-state index in [1.165, 1.54) is 4.90 Å². The highest BCUT2D eigenvalue weighted by atomic mass is 35.5. The summed E-state index contributed by atoms with van der Waals surface area (Å²) in [5, 5.41) is 3.45. The predicted octanol–water partition coefficient (Wildman–Crippen LogP) is 4.00. The molecule has 0 spiro atoms. The van der Waals surface area contributed by atoms with Crippen LogP contribution in [0.2, 0.25) is 5.02 Å². The minimum absolute atomic E-state index is 0.127. The Labute approximate surface area is 208 Å². The summed E-state index contributed by atoms with van der Waals surface area (Å²) < 4.78 is 26.5.